The molecule has 6 heteroatoms. The van der Waals surface area contributed by atoms with Crippen molar-refractivity contribution in [3.05, 3.63) is 11.6 Å². The molecule has 0 fully saturated rings. The van der Waals surface area contributed by atoms with Crippen LogP contribution in [0.1, 0.15) is 0 Å². The van der Waals surface area contributed by atoms with Gasteiger partial charge in [-0.05, 0) is 0 Å². The van der Waals surface area contributed by atoms with Crippen molar-refractivity contribution < 1.29 is 12.8 Å². The van der Waals surface area contributed by atoms with E-state index >= 15 is 0 Å². The first-order valence-corrected chi connectivity index (χ1v) is 5.38. The van der Waals surface area contributed by atoms with E-state index in [0.29, 0.717) is 0 Å². The minimum Gasteiger partial charge on any atom is -0.250 e. The van der Waals surface area contributed by atoms with E-state index < -0.39 is 22.3 Å². The molecule has 0 saturated carbocycles. The maximum atomic E-state index is 11.7. The number of sulfone groups is 1. The number of alkyl halides is 1. The zero-order valence-electron chi connectivity index (χ0n) is 5.53. The van der Waals surface area contributed by atoms with Gasteiger partial charge in [-0.25, -0.2) is 17.8 Å². The van der Waals surface area contributed by atoms with Crippen LogP contribution < -0.4 is 0 Å². The van der Waals surface area contributed by atoms with Gasteiger partial charge in [0.05, 0.1) is 5.75 Å². The lowest BCUT2D eigenvalue weighted by molar-refractivity contribution is 0.517. The lowest BCUT2D eigenvalue weighted by Gasteiger charge is -1.93. The topological polar surface area (TPSA) is 47.0 Å². The molecule has 0 N–H and O–H groups in total. The number of hydrogen-bond acceptors (Lipinski definition) is 4. The van der Waals surface area contributed by atoms with Crippen LogP contribution in [-0.4, -0.2) is 25.8 Å². The molecule has 0 atom stereocenters. The number of hydrogen-bond donors (Lipinski definition) is 0. The van der Waals surface area contributed by atoms with E-state index in [1.54, 1.807) is 5.38 Å². The Bertz CT molecular complexity index is 305. The molecule has 0 saturated heterocycles. The highest BCUT2D eigenvalue weighted by Gasteiger charge is 2.15. The molecule has 0 aliphatic carbocycles. The monoisotopic (exact) mass is 195 g/mol. The minimum atomic E-state index is -3.43. The smallest absolute Gasteiger partial charge is 0.209 e. The molecule has 1 rings (SSSR count). The lowest BCUT2D eigenvalue weighted by atomic mass is 10.9. The first-order chi connectivity index (χ1) is 5.17. The van der Waals surface area contributed by atoms with Gasteiger partial charge in [-0.3, -0.25) is 0 Å². The van der Waals surface area contributed by atoms with Crippen LogP contribution in [0.3, 0.4) is 0 Å². The van der Waals surface area contributed by atoms with Crippen molar-refractivity contribution in [1.82, 2.24) is 4.98 Å². The van der Waals surface area contributed by atoms with Crippen LogP contribution in [-0.2, 0) is 9.84 Å². The molecule has 1 heterocycles. The maximum Gasteiger partial charge on any atom is 0.209 e. The predicted molar refractivity (Wildman–Crippen MR) is 40.1 cm³/mol. The molecule has 62 valence electrons. The molecule has 1 aromatic heterocycles. The van der Waals surface area contributed by atoms with Crippen LogP contribution in [0.5, 0.6) is 0 Å². The molecule has 0 aromatic carbocycles. The van der Waals surface area contributed by atoms with Crippen molar-refractivity contribution in [3.8, 4) is 0 Å². The van der Waals surface area contributed by atoms with Crippen molar-refractivity contribution in [2.75, 3.05) is 12.4 Å². The predicted octanol–water partition coefficient (Wildman–Crippen LogP) is 0.886. The van der Waals surface area contributed by atoms with Crippen LogP contribution in [0.25, 0.3) is 0 Å². The van der Waals surface area contributed by atoms with E-state index in [2.05, 4.69) is 4.98 Å². The third-order valence-corrected chi connectivity index (χ3v) is 3.97. The van der Waals surface area contributed by atoms with Gasteiger partial charge in [0, 0.05) is 11.6 Å². The van der Waals surface area contributed by atoms with E-state index in [0.717, 1.165) is 11.3 Å². The third kappa shape index (κ3) is 1.97. The van der Waals surface area contributed by atoms with Gasteiger partial charge in [0.2, 0.25) is 14.2 Å². The molecule has 11 heavy (non-hydrogen) atoms. The molecular weight excluding hydrogens is 189 g/mol. The number of thiazole rings is 1. The number of halogens is 1. The Kier molecular flexibility index (Phi) is 2.56. The zero-order chi connectivity index (χ0) is 8.32. The first-order valence-electron chi connectivity index (χ1n) is 2.85. The standard InChI is InChI=1S/C5H6FNO2S2/c6-1-4-11(8,9)5-7-2-3-10-5/h2-3H,1,4H2. The number of nitrogens with zero attached hydrogens (tertiary/aromatic N) is 1. The summed E-state index contributed by atoms with van der Waals surface area (Å²) < 4.78 is 33.7. The average molecular weight is 195 g/mol. The quantitative estimate of drug-likeness (QED) is 0.719. The summed E-state index contributed by atoms with van der Waals surface area (Å²) in [5.74, 6) is -0.472. The van der Waals surface area contributed by atoms with E-state index in [1.807, 2.05) is 0 Å². The molecule has 0 amide bonds. The van der Waals surface area contributed by atoms with Gasteiger partial charge < -0.3 is 0 Å². The Hall–Kier alpha value is -0.490. The van der Waals surface area contributed by atoms with Crippen LogP contribution in [0.15, 0.2) is 15.9 Å². The summed E-state index contributed by atoms with van der Waals surface area (Å²) in [4.78, 5) is 3.57. The number of rotatable bonds is 3. The summed E-state index contributed by atoms with van der Waals surface area (Å²) >= 11 is 1.00. The zero-order valence-corrected chi connectivity index (χ0v) is 7.16. The van der Waals surface area contributed by atoms with Gasteiger partial charge in [-0.1, -0.05) is 0 Å². The summed E-state index contributed by atoms with van der Waals surface area (Å²) in [5, 5.41) is 1.55. The van der Waals surface area contributed by atoms with Gasteiger partial charge >= 0.3 is 0 Å². The normalized spacial score (nSPS) is 11.7. The fraction of sp³-hybridized carbons (Fsp3) is 0.400. The summed E-state index contributed by atoms with van der Waals surface area (Å²) in [7, 11) is -3.43. The highest BCUT2D eigenvalue weighted by Crippen LogP contribution is 2.13. The van der Waals surface area contributed by atoms with Crippen molar-refractivity contribution in [1.29, 1.82) is 0 Å². The van der Waals surface area contributed by atoms with Crippen LogP contribution in [0, 0.1) is 0 Å². The SMILES string of the molecule is O=S(=O)(CCF)c1nccs1. The van der Waals surface area contributed by atoms with E-state index in [-0.39, 0.29) is 4.34 Å². The van der Waals surface area contributed by atoms with E-state index in [9.17, 15) is 12.8 Å². The van der Waals surface area contributed by atoms with Crippen LogP contribution in [0.2, 0.25) is 0 Å². The molecule has 1 aromatic rings. The molecule has 0 aliphatic rings. The van der Waals surface area contributed by atoms with Crippen molar-refractivity contribution in [2.45, 2.75) is 4.34 Å². The fourth-order valence-electron chi connectivity index (χ4n) is 0.553. The Morgan fingerprint density at radius 2 is 2.36 bits per heavy atom. The summed E-state index contributed by atoms with van der Waals surface area (Å²) in [6.07, 6.45) is 1.38. The third-order valence-electron chi connectivity index (χ3n) is 1.02. The second-order valence-corrected chi connectivity index (χ2v) is 4.98. The summed E-state index contributed by atoms with van der Waals surface area (Å²) in [6, 6.07) is 0. The van der Waals surface area contributed by atoms with Crippen molar-refractivity contribution in [2.24, 2.45) is 0 Å². The maximum absolute atomic E-state index is 11.7. The molecule has 3 nitrogen and oxygen atoms in total. The largest absolute Gasteiger partial charge is 0.250 e. The van der Waals surface area contributed by atoms with Gasteiger partial charge in [0.25, 0.3) is 0 Å². The molecule has 0 bridgehead atoms. The van der Waals surface area contributed by atoms with E-state index in [1.165, 1.54) is 6.20 Å². The van der Waals surface area contributed by atoms with E-state index in [4.69, 9.17) is 0 Å². The Morgan fingerprint density at radius 3 is 2.82 bits per heavy atom. The highest BCUT2D eigenvalue weighted by atomic mass is 32.2. The van der Waals surface area contributed by atoms with Gasteiger partial charge in [0.1, 0.15) is 6.67 Å². The van der Waals surface area contributed by atoms with Crippen LogP contribution >= 0.6 is 11.3 Å². The lowest BCUT2D eigenvalue weighted by Crippen LogP contribution is -2.07. The Morgan fingerprint density at radius 1 is 1.64 bits per heavy atom. The van der Waals surface area contributed by atoms with Crippen molar-refractivity contribution in [3.63, 3.8) is 0 Å². The molecule has 0 unspecified atom stereocenters. The van der Waals surface area contributed by atoms with Gasteiger partial charge in [-0.2, -0.15) is 0 Å². The van der Waals surface area contributed by atoms with Gasteiger partial charge in [0.15, 0.2) is 0 Å². The van der Waals surface area contributed by atoms with Crippen molar-refractivity contribution >= 4 is 21.2 Å². The second-order valence-electron chi connectivity index (χ2n) is 1.81. The fourth-order valence-corrected chi connectivity index (χ4v) is 2.52. The minimum absolute atomic E-state index is 0.00449. The highest BCUT2D eigenvalue weighted by molar-refractivity contribution is 7.93. The first kappa shape index (κ1) is 8.61. The molecule has 0 spiro atoms. The van der Waals surface area contributed by atoms with Crippen LogP contribution in [0.4, 0.5) is 4.39 Å². The average Bonchev–Trinajstić information content (AvgIpc) is 2.37. The summed E-state index contributed by atoms with van der Waals surface area (Å²) in [6.45, 7) is -0.859. The number of aromatic nitrogens is 1. The van der Waals surface area contributed by atoms with Gasteiger partial charge in [-0.15, -0.1) is 11.3 Å². The molecule has 0 aliphatic heterocycles. The Balaban J connectivity index is 2.92. The molecular formula is C5H6FNO2S2. The second kappa shape index (κ2) is 3.27. The molecule has 0 radical (unpaired) electrons. The summed E-state index contributed by atoms with van der Waals surface area (Å²) in [5.41, 5.74) is 0. The Labute approximate surface area is 67.8 Å².